The van der Waals surface area contributed by atoms with Crippen LogP contribution in [0.1, 0.15) is 11.1 Å². The number of hydrogen-bond acceptors (Lipinski definition) is 9. The van der Waals surface area contributed by atoms with Gasteiger partial charge in [-0.2, -0.15) is 8.42 Å². The van der Waals surface area contributed by atoms with Crippen LogP contribution in [0.5, 0.6) is 5.75 Å². The number of rotatable bonds is 7. The van der Waals surface area contributed by atoms with Gasteiger partial charge in [0.1, 0.15) is 15.0 Å². The van der Waals surface area contributed by atoms with Crippen LogP contribution in [0.15, 0.2) is 52.3 Å². The lowest BCUT2D eigenvalue weighted by Crippen LogP contribution is -2.32. The highest BCUT2D eigenvalue weighted by Gasteiger charge is 2.31. The van der Waals surface area contributed by atoms with Crippen LogP contribution < -0.4 is 9.92 Å². The highest BCUT2D eigenvalue weighted by molar-refractivity contribution is 8.26. The number of benzene rings is 2. The van der Waals surface area contributed by atoms with Gasteiger partial charge in [-0.3, -0.25) is 19.8 Å². The number of thioether (sulfide) groups is 1. The summed E-state index contributed by atoms with van der Waals surface area (Å²) in [6, 6.07) is 9.55. The van der Waals surface area contributed by atoms with Crippen molar-refractivity contribution >= 4 is 68.5 Å². The second-order valence-corrected chi connectivity index (χ2v) is 9.63. The van der Waals surface area contributed by atoms with E-state index < -0.39 is 15.0 Å². The van der Waals surface area contributed by atoms with Crippen molar-refractivity contribution < 1.29 is 22.3 Å². The fourth-order valence-corrected chi connectivity index (χ4v) is 5.23. The zero-order valence-corrected chi connectivity index (χ0v) is 19.9. The molecule has 2 N–H and O–H groups in total. The Labute approximate surface area is 200 Å². The minimum atomic E-state index is -4.28. The van der Waals surface area contributed by atoms with Gasteiger partial charge in [-0.05, 0) is 36.3 Å². The molecule has 170 valence electrons. The van der Waals surface area contributed by atoms with Gasteiger partial charge in [0, 0.05) is 25.2 Å². The number of non-ortho nitro benzene ring substituents is 1. The molecule has 1 amide bonds. The molecule has 0 spiro atoms. The molecule has 0 radical (unpaired) electrons. The minimum absolute atomic E-state index is 0. The second kappa shape index (κ2) is 10.4. The first-order valence-electron chi connectivity index (χ1n) is 8.87. The van der Waals surface area contributed by atoms with Gasteiger partial charge in [0.05, 0.1) is 9.83 Å². The van der Waals surface area contributed by atoms with E-state index in [0.29, 0.717) is 33.4 Å². The summed E-state index contributed by atoms with van der Waals surface area (Å²) in [6.45, 7) is 2.15. The molecule has 2 aromatic rings. The van der Waals surface area contributed by atoms with Crippen molar-refractivity contribution in [1.29, 1.82) is 0 Å². The first kappa shape index (κ1) is 25.7. The lowest BCUT2D eigenvalue weighted by molar-refractivity contribution is -0.385. The third-order valence-electron chi connectivity index (χ3n) is 4.26. The van der Waals surface area contributed by atoms with Gasteiger partial charge in [-0.1, -0.05) is 42.2 Å². The number of nitrogens with two attached hydrogens (primary N) is 1. The van der Waals surface area contributed by atoms with Crippen LogP contribution in [0.4, 0.5) is 5.69 Å². The number of hydrogen-bond donors (Lipinski definition) is 1. The number of nitro groups is 1. The molecule has 13 heteroatoms. The van der Waals surface area contributed by atoms with E-state index in [-0.39, 0.29) is 34.6 Å². The number of carbonyl (C=O) groups excluding carboxylic acids is 1. The Balaban J connectivity index is 0.00000363. The van der Waals surface area contributed by atoms with Gasteiger partial charge in [0.2, 0.25) is 0 Å². The van der Waals surface area contributed by atoms with Gasteiger partial charge >= 0.3 is 10.1 Å². The summed E-state index contributed by atoms with van der Waals surface area (Å²) in [7, 11) is -4.28. The summed E-state index contributed by atoms with van der Waals surface area (Å²) in [5.74, 6) is -0.205. The number of amides is 1. The Morgan fingerprint density at radius 1 is 1.25 bits per heavy atom. The van der Waals surface area contributed by atoms with Crippen LogP contribution in [0.2, 0.25) is 0 Å². The third kappa shape index (κ3) is 5.64. The van der Waals surface area contributed by atoms with E-state index in [1.807, 2.05) is 0 Å². The van der Waals surface area contributed by atoms with E-state index in [9.17, 15) is 23.3 Å². The molecule has 0 bridgehead atoms. The summed E-state index contributed by atoms with van der Waals surface area (Å²) in [5, 5.41) is 11.0. The van der Waals surface area contributed by atoms with Gasteiger partial charge in [0.25, 0.3) is 11.6 Å². The van der Waals surface area contributed by atoms with Crippen LogP contribution in [-0.4, -0.2) is 41.6 Å². The number of nitro benzene ring substituents is 1. The average molecular weight is 516 g/mol. The highest BCUT2D eigenvalue weighted by atomic mass is 35.5. The molecular formula is C19H18ClN3O6S3. The molecule has 3 rings (SSSR count). The number of carbonyl (C=O) groups is 1. The van der Waals surface area contributed by atoms with Crippen molar-refractivity contribution in [1.82, 2.24) is 4.90 Å². The molecule has 1 heterocycles. The van der Waals surface area contributed by atoms with Gasteiger partial charge < -0.3 is 9.92 Å². The smallest absolute Gasteiger partial charge is 0.339 e. The maximum atomic E-state index is 12.6. The van der Waals surface area contributed by atoms with Crippen molar-refractivity contribution in [3.63, 3.8) is 0 Å². The normalized spacial score (nSPS) is 15.1. The van der Waals surface area contributed by atoms with E-state index in [1.165, 1.54) is 36.1 Å². The summed E-state index contributed by atoms with van der Waals surface area (Å²) < 4.78 is 30.8. The zero-order chi connectivity index (χ0) is 22.8. The topological polar surface area (TPSA) is 133 Å². The van der Waals surface area contributed by atoms with Crippen LogP contribution >= 0.6 is 36.4 Å². The largest absolute Gasteiger partial charge is 0.379 e. The lowest BCUT2D eigenvalue weighted by Gasteiger charge is -2.11. The predicted octanol–water partition coefficient (Wildman–Crippen LogP) is 3.25. The zero-order valence-electron chi connectivity index (χ0n) is 16.6. The van der Waals surface area contributed by atoms with Gasteiger partial charge in [-0.15, -0.1) is 12.4 Å². The SMILES string of the molecule is Cc1ccc([N+](=O)[O-])cc1S(=O)(=O)Oc1ccc(/C=C2\SC(=S)N(CCN)C2=O)cc1.Cl. The summed E-state index contributed by atoms with van der Waals surface area (Å²) in [5.41, 5.74) is 6.11. The first-order chi connectivity index (χ1) is 14.6. The fraction of sp³-hybridized carbons (Fsp3) is 0.158. The molecule has 0 saturated carbocycles. The number of nitrogens with zero attached hydrogens (tertiary/aromatic N) is 2. The monoisotopic (exact) mass is 515 g/mol. The number of thiocarbonyl (C=S) groups is 1. The quantitative estimate of drug-likeness (QED) is 0.194. The summed E-state index contributed by atoms with van der Waals surface area (Å²) in [6.07, 6.45) is 1.64. The van der Waals surface area contributed by atoms with E-state index in [0.717, 1.165) is 17.8 Å². The molecule has 1 saturated heterocycles. The van der Waals surface area contributed by atoms with Crippen molar-refractivity contribution in [3.05, 3.63) is 68.6 Å². The molecule has 2 aromatic carbocycles. The number of aryl methyl sites for hydroxylation is 1. The molecule has 1 aliphatic rings. The van der Waals surface area contributed by atoms with E-state index in [2.05, 4.69) is 0 Å². The molecule has 0 atom stereocenters. The first-order valence-corrected chi connectivity index (χ1v) is 11.5. The van der Waals surface area contributed by atoms with E-state index in [4.69, 9.17) is 22.1 Å². The molecule has 32 heavy (non-hydrogen) atoms. The Kier molecular flexibility index (Phi) is 8.37. The molecule has 0 aromatic heterocycles. The van der Waals surface area contributed by atoms with Crippen molar-refractivity contribution in [2.24, 2.45) is 5.73 Å². The molecule has 0 unspecified atom stereocenters. The van der Waals surface area contributed by atoms with Crippen molar-refractivity contribution in [2.75, 3.05) is 13.1 Å². The van der Waals surface area contributed by atoms with Crippen LogP contribution in [0, 0.1) is 17.0 Å². The van der Waals surface area contributed by atoms with Crippen LogP contribution in [0.3, 0.4) is 0 Å². The van der Waals surface area contributed by atoms with E-state index >= 15 is 0 Å². The Hall–Kier alpha value is -2.51. The molecule has 0 aliphatic carbocycles. The average Bonchev–Trinajstić information content (AvgIpc) is 2.97. The number of halogens is 1. The summed E-state index contributed by atoms with van der Waals surface area (Å²) in [4.78, 5) is 24.2. The maximum absolute atomic E-state index is 12.6. The van der Waals surface area contributed by atoms with Crippen molar-refractivity contribution in [2.45, 2.75) is 11.8 Å². The minimum Gasteiger partial charge on any atom is -0.379 e. The van der Waals surface area contributed by atoms with Crippen LogP contribution in [-0.2, 0) is 14.9 Å². The van der Waals surface area contributed by atoms with Gasteiger partial charge in [0.15, 0.2) is 0 Å². The molecule has 1 fully saturated rings. The van der Waals surface area contributed by atoms with Gasteiger partial charge in [-0.25, -0.2) is 0 Å². The fourth-order valence-electron chi connectivity index (χ4n) is 2.74. The maximum Gasteiger partial charge on any atom is 0.339 e. The summed E-state index contributed by atoms with van der Waals surface area (Å²) >= 11 is 6.35. The lowest BCUT2D eigenvalue weighted by atomic mass is 10.2. The van der Waals surface area contributed by atoms with Crippen LogP contribution in [0.25, 0.3) is 6.08 Å². The highest BCUT2D eigenvalue weighted by Crippen LogP contribution is 2.32. The Morgan fingerprint density at radius 2 is 1.91 bits per heavy atom. The predicted molar refractivity (Wildman–Crippen MR) is 128 cm³/mol. The molecule has 1 aliphatic heterocycles. The second-order valence-electron chi connectivity index (χ2n) is 6.44. The Bertz CT molecular complexity index is 1200. The third-order valence-corrected chi connectivity index (χ3v) is 7.03. The molecule has 9 nitrogen and oxygen atoms in total. The van der Waals surface area contributed by atoms with Crippen molar-refractivity contribution in [3.8, 4) is 5.75 Å². The van der Waals surface area contributed by atoms with E-state index in [1.54, 1.807) is 18.2 Å². The Morgan fingerprint density at radius 3 is 2.50 bits per heavy atom. The standard InChI is InChI=1S/C19H17N3O6S3.ClH/c1-12-2-5-14(22(24)25)11-17(12)31(26,27)28-15-6-3-13(4-7-15)10-16-18(23)21(9-8-20)19(29)30-16;/h2-7,10-11H,8-9,20H2,1H3;1H/b16-10-;. The molecular weight excluding hydrogens is 498 g/mol.